The summed E-state index contributed by atoms with van der Waals surface area (Å²) in [4.78, 5) is 109. The van der Waals surface area contributed by atoms with Crippen LogP contribution in [0.4, 0.5) is 0 Å². The molecule has 0 unspecified atom stereocenters. The van der Waals surface area contributed by atoms with Crippen LogP contribution in [0.25, 0.3) is 25.1 Å². The highest BCUT2D eigenvalue weighted by molar-refractivity contribution is 9.10. The highest BCUT2D eigenvalue weighted by Gasteiger charge is 2.46. The predicted molar refractivity (Wildman–Crippen MR) is 517 cm³/mol. The number of carbonyl (C=O) groups excluding carboxylic acids is 8. The zero-order valence-electron chi connectivity index (χ0n) is 71.2. The number of fused-ring (bicyclic) bond motifs is 7. The molecule has 0 saturated carbocycles. The third kappa shape index (κ3) is 25.3. The van der Waals surface area contributed by atoms with Gasteiger partial charge in [0, 0.05) is 33.4 Å². The average molecular weight is 2110 g/mol. The average Bonchev–Trinajstić information content (AvgIpc) is 1.42. The summed E-state index contributed by atoms with van der Waals surface area (Å²) in [5, 5.41) is 2.50. The quantitative estimate of drug-likeness (QED) is 0.0122. The van der Waals surface area contributed by atoms with E-state index in [9.17, 15) is 51.0 Å². The van der Waals surface area contributed by atoms with Crippen LogP contribution in [-0.4, -0.2) is 117 Å². The molecule has 664 valence electrons. The van der Waals surface area contributed by atoms with Gasteiger partial charge in [0.2, 0.25) is 9.84 Å². The molecule has 0 atom stereocenters. The molecule has 19 nitrogen and oxygen atoms in total. The van der Waals surface area contributed by atoms with Crippen LogP contribution in [0.5, 0.6) is 11.5 Å². The molecule has 0 saturated heterocycles. The van der Waals surface area contributed by atoms with Crippen molar-refractivity contribution in [3.05, 3.63) is 314 Å². The normalized spacial score (nSPS) is 13.7. The maximum Gasteiger partial charge on any atom is 0.338 e. The molecule has 2 aliphatic heterocycles. The molecule has 0 amide bonds. The number of hydrogen-bond acceptors (Lipinski definition) is 19. The lowest BCUT2D eigenvalue weighted by Crippen LogP contribution is -2.28. The van der Waals surface area contributed by atoms with E-state index in [0.717, 1.165) is 49.0 Å². The Morgan fingerprint density at radius 1 is 0.333 bits per heavy atom. The van der Waals surface area contributed by atoms with E-state index in [0.29, 0.717) is 32.4 Å². The van der Waals surface area contributed by atoms with E-state index < -0.39 is 107 Å². The largest absolute Gasteiger partial charge is 0.464 e. The van der Waals surface area contributed by atoms with Crippen LogP contribution in [-0.2, 0) is 111 Å². The van der Waals surface area contributed by atoms with Crippen molar-refractivity contribution < 1.29 is 88.9 Å². The zero-order chi connectivity index (χ0) is 92.4. The molecule has 12 aromatic carbocycles. The van der Waals surface area contributed by atoms with Crippen LogP contribution in [0.2, 0.25) is 0 Å². The van der Waals surface area contributed by atoms with Gasteiger partial charge in [-0.15, -0.1) is 0 Å². The highest BCUT2D eigenvalue weighted by atomic mass is 79.9. The first kappa shape index (κ1) is 97.7. The SMILES string of the molecule is CC(C)(Br)C(=O)OCCC(=O)Oc1cccc(-[s+]2c3ccccc3c3ccccc32)c1.CC(C)(Br)C(=O)OCCC(=O)Oc1cccc([S+](c2ccccc2)c2ccccc2)c1.CC(C)(Br)C(=O)OCCOC(=O)c1ccc([S+]2c3ccccc3S(=O)(=O)c3ccccc32)cc1.CC(C)(Br)C(=O)OCCOC(=O)c1ccc([S+]2c3ccccc3S(=O)c3ccccc32)cc1. The molecule has 1 aromatic heterocycles. The van der Waals surface area contributed by atoms with Crippen molar-refractivity contribution in [2.45, 2.75) is 149 Å². The van der Waals surface area contributed by atoms with Crippen molar-refractivity contribution in [1.82, 2.24) is 0 Å². The molecule has 3 heterocycles. The third-order valence-electron chi connectivity index (χ3n) is 19.0. The van der Waals surface area contributed by atoms with E-state index in [1.54, 1.807) is 116 Å². The highest BCUT2D eigenvalue weighted by Crippen LogP contribution is 2.50. The molecule has 0 spiro atoms. The summed E-state index contributed by atoms with van der Waals surface area (Å²) in [5.74, 6) is -2.63. The number of benzene rings is 12. The lowest BCUT2D eigenvalue weighted by Gasteiger charge is -2.19. The second-order valence-electron chi connectivity index (χ2n) is 30.6. The fraction of sp³-hybridized carbons (Fsp3) is 0.200. The van der Waals surface area contributed by atoms with Gasteiger partial charge in [-0.25, -0.2) is 22.2 Å². The van der Waals surface area contributed by atoms with Crippen molar-refractivity contribution in [3.63, 3.8) is 0 Å². The molecular weight excluding hydrogens is 2020 g/mol. The van der Waals surface area contributed by atoms with Gasteiger partial charge in [-0.1, -0.05) is 185 Å². The molecule has 0 bridgehead atoms. The van der Waals surface area contributed by atoms with Crippen molar-refractivity contribution in [2.75, 3.05) is 39.6 Å². The minimum Gasteiger partial charge on any atom is -0.464 e. The van der Waals surface area contributed by atoms with Gasteiger partial charge >= 0.3 is 47.8 Å². The number of ether oxygens (including phenoxy) is 8. The maximum atomic E-state index is 13.1. The van der Waals surface area contributed by atoms with E-state index in [2.05, 4.69) is 143 Å². The van der Waals surface area contributed by atoms with Crippen LogP contribution >= 0.6 is 74.2 Å². The van der Waals surface area contributed by atoms with Crippen LogP contribution in [0.1, 0.15) is 88.9 Å². The Hall–Kier alpha value is -10.3. The van der Waals surface area contributed by atoms with E-state index in [1.165, 1.54) is 30.0 Å². The van der Waals surface area contributed by atoms with Gasteiger partial charge in [-0.05, 0) is 225 Å². The maximum absolute atomic E-state index is 13.1. The van der Waals surface area contributed by atoms with Crippen molar-refractivity contribution in [1.29, 1.82) is 0 Å². The summed E-state index contributed by atoms with van der Waals surface area (Å²) in [6, 6.07) is 96.5. The van der Waals surface area contributed by atoms with E-state index in [4.69, 9.17) is 37.9 Å². The zero-order valence-corrected chi connectivity index (χ0v) is 82.5. The number of sulfone groups is 1. The second kappa shape index (κ2) is 44.1. The van der Waals surface area contributed by atoms with Gasteiger partial charge in [0.15, 0.2) is 58.4 Å². The lowest BCUT2D eigenvalue weighted by molar-refractivity contribution is -0.148. The van der Waals surface area contributed by atoms with E-state index in [1.807, 2.05) is 164 Å². The summed E-state index contributed by atoms with van der Waals surface area (Å²) in [6.07, 6.45) is -0.0153. The molecule has 0 N–H and O–H groups in total. The molecular formula is C100H90Br4O19S6+4. The smallest absolute Gasteiger partial charge is 0.338 e. The first-order valence-corrected chi connectivity index (χ1v) is 51.2. The van der Waals surface area contributed by atoms with Crippen molar-refractivity contribution in [2.24, 2.45) is 0 Å². The molecule has 29 heteroatoms. The van der Waals surface area contributed by atoms with Crippen LogP contribution in [0.3, 0.4) is 0 Å². The topological polar surface area (TPSA) is 262 Å². The number of esters is 8. The fourth-order valence-corrected chi connectivity index (χ4v) is 26.7. The number of hydrogen-bond donors (Lipinski definition) is 0. The molecule has 129 heavy (non-hydrogen) atoms. The number of rotatable bonds is 26. The Bertz CT molecular complexity index is 6190. The minimum atomic E-state index is -3.60. The summed E-state index contributed by atoms with van der Waals surface area (Å²) in [6.45, 7) is 13.3. The van der Waals surface area contributed by atoms with E-state index >= 15 is 0 Å². The minimum absolute atomic E-state index is 0.00354. The summed E-state index contributed by atoms with van der Waals surface area (Å²) >= 11 is 12.9. The molecule has 0 radical (unpaired) electrons. The lowest BCUT2D eigenvalue weighted by atomic mass is 10.2. The standard InChI is InChI=1S/C25H22BrO6S2.C25H22BrO5S2.C25H22BrO4S.C25H24BrO4S/c1-25(2,26)24(28)32-16-15-31-23(27)17-11-13-18(14-12-17)33-19-7-3-5-9-21(19)34(29,30)22-10-6-4-8-20(22)33;1-25(2,26)24(28)31-16-15-30-23(27)17-11-13-18(14-12-17)32-19-7-3-5-9-21(19)33(29)22-10-6-4-8-20(22)32;1-25(2,26)24(28)29-15-14-23(27)30-17-8-7-9-18(16-17)31-21-12-5-3-10-19(21)20-11-4-6-13-22(20)31;1-25(2,26)24(28)29-17-16-23(27)30-19-10-9-15-22(18-19)31(20-11-5-3-6-12-20)21-13-7-4-8-14-21/h3-14H,15-16H2,1-2H3;3-14H,15-16H2,1-2H3;3-13,16H,14-15H2,1-2H3;3-15,18H,16-17H2,1-2H3/q4*+1. The van der Waals surface area contributed by atoms with Gasteiger partial charge < -0.3 is 37.9 Å². The first-order valence-electron chi connectivity index (χ1n) is 40.5. The number of thiophene rings is 1. The predicted octanol–water partition coefficient (Wildman–Crippen LogP) is 22.5. The first-order chi connectivity index (χ1) is 61.6. The van der Waals surface area contributed by atoms with Crippen LogP contribution in [0, 0.1) is 0 Å². The number of carbonyl (C=O) groups is 8. The van der Waals surface area contributed by atoms with Gasteiger partial charge in [0.1, 0.15) is 100 Å². The summed E-state index contributed by atoms with van der Waals surface area (Å²) in [7, 11) is -6.46. The molecule has 0 aliphatic carbocycles. The Morgan fingerprint density at radius 2 is 0.659 bits per heavy atom. The van der Waals surface area contributed by atoms with Gasteiger partial charge in [0.05, 0.1) is 55.5 Å². The summed E-state index contributed by atoms with van der Waals surface area (Å²) < 4.78 is 80.6. The Balaban J connectivity index is 0.000000156. The molecule has 0 fully saturated rings. The van der Waals surface area contributed by atoms with Gasteiger partial charge in [-0.2, -0.15) is 0 Å². The Labute approximate surface area is 796 Å². The van der Waals surface area contributed by atoms with Crippen LogP contribution in [0.15, 0.2) is 367 Å². The third-order valence-corrected chi connectivity index (χ3v) is 33.4. The molecule has 2 aliphatic rings. The Morgan fingerprint density at radius 3 is 1.07 bits per heavy atom. The van der Waals surface area contributed by atoms with Gasteiger partial charge in [-0.3, -0.25) is 28.8 Å². The summed E-state index contributed by atoms with van der Waals surface area (Å²) in [5.41, 5.74) is 0.766. The monoisotopic (exact) mass is 2100 g/mol. The van der Waals surface area contributed by atoms with Crippen molar-refractivity contribution >= 4 is 195 Å². The Kier molecular flexibility index (Phi) is 33.4. The number of halogens is 4. The van der Waals surface area contributed by atoms with E-state index in [-0.39, 0.29) is 73.8 Å². The fourth-order valence-electron chi connectivity index (χ4n) is 12.8. The number of alkyl halides is 4. The van der Waals surface area contributed by atoms with Crippen molar-refractivity contribution in [3.8, 4) is 16.4 Å². The molecule has 13 aromatic rings. The van der Waals surface area contributed by atoms with Crippen LogP contribution < -0.4 is 9.47 Å². The molecule has 15 rings (SSSR count). The van der Waals surface area contributed by atoms with Gasteiger partial charge in [0.25, 0.3) is 0 Å². The second-order valence-corrected chi connectivity index (χ2v) is 49.7.